The van der Waals surface area contributed by atoms with Crippen LogP contribution in [0.15, 0.2) is 55.6 Å². The van der Waals surface area contributed by atoms with Crippen molar-refractivity contribution in [2.24, 2.45) is 5.92 Å². The summed E-state index contributed by atoms with van der Waals surface area (Å²) in [4.78, 5) is 14.7. The maximum atomic E-state index is 12.9. The van der Waals surface area contributed by atoms with E-state index in [1.807, 2.05) is 35.2 Å². The Labute approximate surface area is 122 Å². The molecule has 0 N–H and O–H groups in total. The molecular weight excluding hydrogens is 246 g/mol. The second kappa shape index (κ2) is 8.36. The van der Waals surface area contributed by atoms with Gasteiger partial charge in [0.05, 0.1) is 5.92 Å². The van der Waals surface area contributed by atoms with Gasteiger partial charge < -0.3 is 4.90 Å². The second-order valence-electron chi connectivity index (χ2n) is 5.09. The molecule has 2 unspecified atom stereocenters. The minimum atomic E-state index is -0.0962. The third-order valence-electron chi connectivity index (χ3n) is 3.65. The number of amides is 1. The van der Waals surface area contributed by atoms with E-state index < -0.39 is 0 Å². The van der Waals surface area contributed by atoms with Crippen LogP contribution in [-0.2, 0) is 4.79 Å². The van der Waals surface area contributed by atoms with Gasteiger partial charge in [-0.05, 0) is 11.5 Å². The fourth-order valence-electron chi connectivity index (χ4n) is 2.37. The minimum absolute atomic E-state index is 0.0962. The molecule has 0 aliphatic rings. The molecule has 1 aromatic carbocycles. The summed E-state index contributed by atoms with van der Waals surface area (Å²) >= 11 is 0. The predicted octanol–water partition coefficient (Wildman–Crippen LogP) is 4.02. The summed E-state index contributed by atoms with van der Waals surface area (Å²) in [6.07, 6.45) is 4.50. The lowest BCUT2D eigenvalue weighted by Crippen LogP contribution is -2.37. The summed E-state index contributed by atoms with van der Waals surface area (Å²) in [6.45, 7) is 12.8. The Morgan fingerprint density at radius 3 is 2.20 bits per heavy atom. The molecule has 2 atom stereocenters. The molecule has 2 heteroatoms. The van der Waals surface area contributed by atoms with Crippen LogP contribution in [0.2, 0.25) is 0 Å². The molecule has 0 bridgehead atoms. The fourth-order valence-corrected chi connectivity index (χ4v) is 2.37. The Morgan fingerprint density at radius 2 is 1.75 bits per heavy atom. The van der Waals surface area contributed by atoms with Crippen molar-refractivity contribution in [3.05, 3.63) is 61.2 Å². The molecule has 1 amide bonds. The molecule has 0 aliphatic heterocycles. The first-order valence-corrected chi connectivity index (χ1v) is 7.21. The number of rotatable bonds is 8. The van der Waals surface area contributed by atoms with Gasteiger partial charge in [-0.2, -0.15) is 0 Å². The second-order valence-corrected chi connectivity index (χ2v) is 5.09. The maximum absolute atomic E-state index is 12.9. The first kappa shape index (κ1) is 16.2. The zero-order valence-corrected chi connectivity index (χ0v) is 12.6. The lowest BCUT2D eigenvalue weighted by molar-refractivity contribution is -0.133. The average molecular weight is 271 g/mol. The van der Waals surface area contributed by atoms with Crippen LogP contribution >= 0.6 is 0 Å². The van der Waals surface area contributed by atoms with Crippen LogP contribution in [0.3, 0.4) is 0 Å². The average Bonchev–Trinajstić information content (AvgIpc) is 2.48. The molecule has 108 valence electrons. The summed E-state index contributed by atoms with van der Waals surface area (Å²) < 4.78 is 0. The zero-order valence-electron chi connectivity index (χ0n) is 12.6. The van der Waals surface area contributed by atoms with Crippen LogP contribution < -0.4 is 0 Å². The van der Waals surface area contributed by atoms with E-state index in [1.54, 1.807) is 12.2 Å². The smallest absolute Gasteiger partial charge is 0.230 e. The van der Waals surface area contributed by atoms with Gasteiger partial charge in [0, 0.05) is 13.1 Å². The van der Waals surface area contributed by atoms with Crippen molar-refractivity contribution in [2.45, 2.75) is 26.2 Å². The summed E-state index contributed by atoms with van der Waals surface area (Å²) in [7, 11) is 0. The van der Waals surface area contributed by atoms with Gasteiger partial charge in [-0.3, -0.25) is 4.79 Å². The van der Waals surface area contributed by atoms with E-state index in [0.717, 1.165) is 12.0 Å². The molecule has 1 rings (SSSR count). The molecule has 2 nitrogen and oxygen atoms in total. The maximum Gasteiger partial charge on any atom is 0.230 e. The molecule has 0 saturated heterocycles. The van der Waals surface area contributed by atoms with Gasteiger partial charge in [-0.1, -0.05) is 62.8 Å². The van der Waals surface area contributed by atoms with E-state index in [2.05, 4.69) is 27.0 Å². The van der Waals surface area contributed by atoms with E-state index in [1.165, 1.54) is 0 Å². The summed E-state index contributed by atoms with van der Waals surface area (Å²) in [5, 5.41) is 0. The van der Waals surface area contributed by atoms with Crippen molar-refractivity contribution < 1.29 is 4.79 Å². The van der Waals surface area contributed by atoms with Gasteiger partial charge in [-0.25, -0.2) is 0 Å². The standard InChI is InChI=1S/C18H25NO/c1-5-13-19(14-6-2)18(20)17(15(4)7-3)16-11-9-8-10-12-16/h5-6,8-12,15,17H,1-2,7,13-14H2,3-4H3. The molecule has 1 aromatic rings. The van der Waals surface area contributed by atoms with Crippen LogP contribution in [0.1, 0.15) is 31.7 Å². The van der Waals surface area contributed by atoms with Crippen molar-refractivity contribution in [1.82, 2.24) is 4.90 Å². The summed E-state index contributed by atoms with van der Waals surface area (Å²) in [5.41, 5.74) is 1.09. The zero-order chi connectivity index (χ0) is 15.0. The number of benzene rings is 1. The van der Waals surface area contributed by atoms with Crippen LogP contribution in [0.4, 0.5) is 0 Å². The van der Waals surface area contributed by atoms with E-state index in [-0.39, 0.29) is 11.8 Å². The summed E-state index contributed by atoms with van der Waals surface area (Å²) in [5.74, 6) is 0.369. The third kappa shape index (κ3) is 4.09. The minimum Gasteiger partial charge on any atom is -0.335 e. The van der Waals surface area contributed by atoms with Crippen molar-refractivity contribution >= 4 is 5.91 Å². The molecule has 0 aliphatic carbocycles. The van der Waals surface area contributed by atoms with E-state index in [4.69, 9.17) is 0 Å². The fraction of sp³-hybridized carbons (Fsp3) is 0.389. The highest BCUT2D eigenvalue weighted by molar-refractivity contribution is 5.84. The van der Waals surface area contributed by atoms with Gasteiger partial charge in [-0.15, -0.1) is 13.2 Å². The Hall–Kier alpha value is -1.83. The lowest BCUT2D eigenvalue weighted by atomic mass is 9.84. The molecule has 0 saturated carbocycles. The Kier molecular flexibility index (Phi) is 6.78. The topological polar surface area (TPSA) is 20.3 Å². The van der Waals surface area contributed by atoms with Crippen molar-refractivity contribution in [1.29, 1.82) is 0 Å². The van der Waals surface area contributed by atoms with Gasteiger partial charge in [0.25, 0.3) is 0 Å². The summed E-state index contributed by atoms with van der Waals surface area (Å²) in [6, 6.07) is 10.0. The highest BCUT2D eigenvalue weighted by Gasteiger charge is 2.28. The van der Waals surface area contributed by atoms with Gasteiger partial charge in [0.1, 0.15) is 0 Å². The number of nitrogens with zero attached hydrogens (tertiary/aromatic N) is 1. The van der Waals surface area contributed by atoms with Crippen LogP contribution in [-0.4, -0.2) is 23.9 Å². The largest absolute Gasteiger partial charge is 0.335 e. The highest BCUT2D eigenvalue weighted by atomic mass is 16.2. The Bertz CT molecular complexity index is 428. The molecular formula is C18H25NO. The van der Waals surface area contributed by atoms with E-state index in [0.29, 0.717) is 19.0 Å². The molecule has 0 radical (unpaired) electrons. The Morgan fingerprint density at radius 1 is 1.20 bits per heavy atom. The van der Waals surface area contributed by atoms with Crippen molar-refractivity contribution in [3.63, 3.8) is 0 Å². The third-order valence-corrected chi connectivity index (χ3v) is 3.65. The van der Waals surface area contributed by atoms with Crippen LogP contribution in [0.5, 0.6) is 0 Å². The van der Waals surface area contributed by atoms with Crippen molar-refractivity contribution in [2.75, 3.05) is 13.1 Å². The number of carbonyl (C=O) groups excluding carboxylic acids is 1. The van der Waals surface area contributed by atoms with Gasteiger partial charge in [0.15, 0.2) is 0 Å². The number of hydrogen-bond donors (Lipinski definition) is 0. The Balaban J connectivity index is 3.06. The predicted molar refractivity (Wildman–Crippen MR) is 85.6 cm³/mol. The van der Waals surface area contributed by atoms with Crippen LogP contribution in [0.25, 0.3) is 0 Å². The van der Waals surface area contributed by atoms with E-state index in [9.17, 15) is 4.79 Å². The number of carbonyl (C=O) groups is 1. The molecule has 0 spiro atoms. The molecule has 0 aromatic heterocycles. The molecule has 0 fully saturated rings. The molecule has 0 heterocycles. The van der Waals surface area contributed by atoms with E-state index >= 15 is 0 Å². The quantitative estimate of drug-likeness (QED) is 0.654. The van der Waals surface area contributed by atoms with Crippen LogP contribution in [0, 0.1) is 5.92 Å². The monoisotopic (exact) mass is 271 g/mol. The van der Waals surface area contributed by atoms with Crippen molar-refractivity contribution in [3.8, 4) is 0 Å². The number of hydrogen-bond acceptors (Lipinski definition) is 1. The lowest BCUT2D eigenvalue weighted by Gasteiger charge is -2.29. The SMILES string of the molecule is C=CCN(CC=C)C(=O)C(c1ccccc1)C(C)CC. The first-order chi connectivity index (χ1) is 9.65. The van der Waals surface area contributed by atoms with Gasteiger partial charge >= 0.3 is 0 Å². The van der Waals surface area contributed by atoms with Gasteiger partial charge in [0.2, 0.25) is 5.91 Å². The highest BCUT2D eigenvalue weighted by Crippen LogP contribution is 2.29. The first-order valence-electron chi connectivity index (χ1n) is 7.21. The normalized spacial score (nSPS) is 13.3. The molecule has 20 heavy (non-hydrogen) atoms.